The van der Waals surface area contributed by atoms with Crippen LogP contribution in [0.4, 0.5) is 0 Å². The minimum Gasteiger partial charge on any atom is -0.396 e. The molecule has 0 aliphatic carbocycles. The number of hydrogen-bond donors (Lipinski definition) is 1. The van der Waals surface area contributed by atoms with Crippen molar-refractivity contribution in [2.45, 2.75) is 32.6 Å². The highest BCUT2D eigenvalue weighted by atomic mass is 16.5. The molecule has 1 amide bonds. The average Bonchev–Trinajstić information content (AvgIpc) is 3.28. The van der Waals surface area contributed by atoms with E-state index in [1.807, 2.05) is 4.90 Å². The predicted molar refractivity (Wildman–Crippen MR) is 86.1 cm³/mol. The van der Waals surface area contributed by atoms with E-state index in [4.69, 9.17) is 4.52 Å². The molecule has 0 spiro atoms. The van der Waals surface area contributed by atoms with Gasteiger partial charge >= 0.3 is 0 Å². The zero-order valence-corrected chi connectivity index (χ0v) is 13.9. The van der Waals surface area contributed by atoms with Crippen molar-refractivity contribution in [3.63, 3.8) is 0 Å². The minimum atomic E-state index is -0.0709. The Morgan fingerprint density at radius 2 is 2.09 bits per heavy atom. The number of nitrogens with zero attached hydrogens (tertiary/aromatic N) is 3. The molecular formula is C17H27N3O3. The van der Waals surface area contributed by atoms with E-state index in [1.54, 1.807) is 6.07 Å². The minimum absolute atomic E-state index is 0.0709. The van der Waals surface area contributed by atoms with Gasteiger partial charge in [-0.1, -0.05) is 12.1 Å². The van der Waals surface area contributed by atoms with Crippen molar-refractivity contribution in [1.29, 1.82) is 0 Å². The maximum atomic E-state index is 12.6. The van der Waals surface area contributed by atoms with Crippen LogP contribution in [-0.4, -0.2) is 65.3 Å². The Morgan fingerprint density at radius 1 is 1.35 bits per heavy atom. The number of carbonyl (C=O) groups is 1. The van der Waals surface area contributed by atoms with Gasteiger partial charge in [0.15, 0.2) is 5.69 Å². The van der Waals surface area contributed by atoms with Gasteiger partial charge in [0.1, 0.15) is 5.76 Å². The number of hydrogen-bond acceptors (Lipinski definition) is 5. The summed E-state index contributed by atoms with van der Waals surface area (Å²) in [6.07, 6.45) is 4.30. The fourth-order valence-corrected chi connectivity index (χ4v) is 3.76. The summed E-state index contributed by atoms with van der Waals surface area (Å²) in [6.45, 7) is 6.80. The Labute approximate surface area is 137 Å². The molecule has 6 heteroatoms. The summed E-state index contributed by atoms with van der Waals surface area (Å²) in [4.78, 5) is 16.9. The summed E-state index contributed by atoms with van der Waals surface area (Å²) in [5.41, 5.74) is 0.395. The SMILES string of the molecule is CCCc1cc(C(=O)N2C[C@@H](CN3CCCC3)[C@@H](CO)C2)no1. The molecule has 0 saturated carbocycles. The highest BCUT2D eigenvalue weighted by Crippen LogP contribution is 2.26. The lowest BCUT2D eigenvalue weighted by atomic mass is 9.96. The maximum Gasteiger partial charge on any atom is 0.276 e. The van der Waals surface area contributed by atoms with Crippen LogP contribution in [-0.2, 0) is 6.42 Å². The first-order valence-electron chi connectivity index (χ1n) is 8.79. The molecule has 2 atom stereocenters. The van der Waals surface area contributed by atoms with Crippen molar-refractivity contribution < 1.29 is 14.4 Å². The standard InChI is InChI=1S/C17H27N3O3/c1-2-5-15-8-16(18-23-15)17(22)20-10-13(14(11-20)12-21)9-19-6-3-4-7-19/h8,13-14,21H,2-7,9-12H2,1H3/t13-,14-/m1/s1. The molecule has 0 unspecified atom stereocenters. The van der Waals surface area contributed by atoms with Crippen molar-refractivity contribution in [2.75, 3.05) is 39.3 Å². The van der Waals surface area contributed by atoms with Crippen LogP contribution in [0.1, 0.15) is 42.4 Å². The molecule has 0 aromatic carbocycles. The summed E-state index contributed by atoms with van der Waals surface area (Å²) in [5, 5.41) is 13.6. The second-order valence-electron chi connectivity index (χ2n) is 6.85. The van der Waals surface area contributed by atoms with Crippen LogP contribution in [0.15, 0.2) is 10.6 Å². The fourth-order valence-electron chi connectivity index (χ4n) is 3.76. The number of aromatic nitrogens is 1. The summed E-state index contributed by atoms with van der Waals surface area (Å²) < 4.78 is 5.22. The molecule has 2 aliphatic heterocycles. The Balaban J connectivity index is 1.61. The van der Waals surface area contributed by atoms with Gasteiger partial charge in [0.05, 0.1) is 0 Å². The molecule has 0 bridgehead atoms. The van der Waals surface area contributed by atoms with Gasteiger partial charge in [0.2, 0.25) is 0 Å². The quantitative estimate of drug-likeness (QED) is 0.858. The van der Waals surface area contributed by atoms with Gasteiger partial charge in [0.25, 0.3) is 5.91 Å². The molecule has 0 radical (unpaired) electrons. The normalized spacial score (nSPS) is 25.4. The summed E-state index contributed by atoms with van der Waals surface area (Å²) in [5.74, 6) is 1.21. The van der Waals surface area contributed by atoms with E-state index in [0.717, 1.165) is 38.2 Å². The first-order chi connectivity index (χ1) is 11.2. The van der Waals surface area contributed by atoms with Gasteiger partial charge in [-0.05, 0) is 38.3 Å². The third-order valence-corrected chi connectivity index (χ3v) is 5.06. The van der Waals surface area contributed by atoms with Crippen molar-refractivity contribution in [1.82, 2.24) is 15.0 Å². The molecule has 1 N–H and O–H groups in total. The van der Waals surface area contributed by atoms with Crippen LogP contribution in [0.3, 0.4) is 0 Å². The second-order valence-corrected chi connectivity index (χ2v) is 6.85. The largest absolute Gasteiger partial charge is 0.396 e. The first-order valence-corrected chi connectivity index (χ1v) is 8.79. The van der Waals surface area contributed by atoms with Gasteiger partial charge in [0, 0.05) is 44.6 Å². The predicted octanol–water partition coefficient (Wildman–Crippen LogP) is 1.40. The second kappa shape index (κ2) is 7.45. The molecule has 1 aromatic rings. The lowest BCUT2D eigenvalue weighted by molar-refractivity contribution is 0.0769. The van der Waals surface area contributed by atoms with Crippen LogP contribution in [0.2, 0.25) is 0 Å². The summed E-state index contributed by atoms with van der Waals surface area (Å²) in [7, 11) is 0. The summed E-state index contributed by atoms with van der Waals surface area (Å²) in [6, 6.07) is 1.76. The van der Waals surface area contributed by atoms with Crippen LogP contribution in [0.25, 0.3) is 0 Å². The van der Waals surface area contributed by atoms with Crippen LogP contribution in [0, 0.1) is 11.8 Å². The Bertz CT molecular complexity index is 525. The van der Waals surface area contributed by atoms with E-state index in [2.05, 4.69) is 17.0 Å². The lowest BCUT2D eigenvalue weighted by Crippen LogP contribution is -2.32. The van der Waals surface area contributed by atoms with Crippen molar-refractivity contribution in [3.05, 3.63) is 17.5 Å². The molecule has 23 heavy (non-hydrogen) atoms. The Morgan fingerprint density at radius 3 is 2.78 bits per heavy atom. The summed E-state index contributed by atoms with van der Waals surface area (Å²) >= 11 is 0. The zero-order chi connectivity index (χ0) is 16.2. The van der Waals surface area contributed by atoms with Gasteiger partial charge in [-0.3, -0.25) is 4.79 Å². The fraction of sp³-hybridized carbons (Fsp3) is 0.765. The molecule has 1 aromatic heterocycles. The number of aliphatic hydroxyl groups is 1. The highest BCUT2D eigenvalue weighted by molar-refractivity contribution is 5.92. The Kier molecular flexibility index (Phi) is 5.33. The number of carbonyl (C=O) groups excluding carboxylic acids is 1. The average molecular weight is 321 g/mol. The van der Waals surface area contributed by atoms with E-state index in [1.165, 1.54) is 12.8 Å². The molecule has 3 heterocycles. The number of aliphatic hydroxyl groups excluding tert-OH is 1. The highest BCUT2D eigenvalue weighted by Gasteiger charge is 2.37. The monoisotopic (exact) mass is 321 g/mol. The topological polar surface area (TPSA) is 69.8 Å². The number of rotatable bonds is 6. The van der Waals surface area contributed by atoms with Crippen LogP contribution in [0.5, 0.6) is 0 Å². The van der Waals surface area contributed by atoms with Gasteiger partial charge in [-0.25, -0.2) is 0 Å². The van der Waals surface area contributed by atoms with Gasteiger partial charge in [-0.2, -0.15) is 0 Å². The first kappa shape index (κ1) is 16.5. The maximum absolute atomic E-state index is 12.6. The zero-order valence-electron chi connectivity index (χ0n) is 13.9. The molecular weight excluding hydrogens is 294 g/mol. The molecule has 3 rings (SSSR count). The number of aryl methyl sites for hydroxylation is 1. The van der Waals surface area contributed by atoms with E-state index in [0.29, 0.717) is 24.7 Å². The van der Waals surface area contributed by atoms with Gasteiger partial charge in [-0.15, -0.1) is 0 Å². The van der Waals surface area contributed by atoms with Crippen molar-refractivity contribution in [2.24, 2.45) is 11.8 Å². The third-order valence-electron chi connectivity index (χ3n) is 5.06. The van der Waals surface area contributed by atoms with Gasteiger partial charge < -0.3 is 19.4 Å². The molecule has 128 valence electrons. The molecule has 2 saturated heterocycles. The number of amides is 1. The van der Waals surface area contributed by atoms with E-state index >= 15 is 0 Å². The van der Waals surface area contributed by atoms with Crippen molar-refractivity contribution in [3.8, 4) is 0 Å². The van der Waals surface area contributed by atoms with Crippen LogP contribution < -0.4 is 0 Å². The van der Waals surface area contributed by atoms with E-state index in [-0.39, 0.29) is 18.4 Å². The smallest absolute Gasteiger partial charge is 0.276 e. The van der Waals surface area contributed by atoms with Crippen LogP contribution >= 0.6 is 0 Å². The van der Waals surface area contributed by atoms with E-state index in [9.17, 15) is 9.90 Å². The molecule has 2 fully saturated rings. The Hall–Kier alpha value is -1.40. The van der Waals surface area contributed by atoms with E-state index < -0.39 is 0 Å². The van der Waals surface area contributed by atoms with Crippen molar-refractivity contribution >= 4 is 5.91 Å². The lowest BCUT2D eigenvalue weighted by Gasteiger charge is -2.22. The molecule has 6 nitrogen and oxygen atoms in total. The third kappa shape index (κ3) is 3.75. The molecule has 2 aliphatic rings. The number of likely N-dealkylation sites (tertiary alicyclic amines) is 2.